The zero-order valence-electron chi connectivity index (χ0n) is 17.2. The molecule has 1 aliphatic carbocycles. The molecule has 1 aromatic carbocycles. The van der Waals surface area contributed by atoms with Crippen LogP contribution in [0, 0.1) is 5.92 Å². The molecule has 2 amide bonds. The molecule has 0 bridgehead atoms. The van der Waals surface area contributed by atoms with Crippen LogP contribution in [0.25, 0.3) is 11.3 Å². The number of hydrogen-bond acceptors (Lipinski definition) is 3. The summed E-state index contributed by atoms with van der Waals surface area (Å²) in [5, 5.41) is 10.9. The van der Waals surface area contributed by atoms with Gasteiger partial charge in [0.2, 0.25) is 5.91 Å². The third-order valence-corrected chi connectivity index (χ3v) is 6.57. The minimum absolute atomic E-state index is 0.0539. The first kappa shape index (κ1) is 20.9. The van der Waals surface area contributed by atoms with Crippen LogP contribution in [0.1, 0.15) is 61.9 Å². The Hall–Kier alpha value is -2.34. The molecule has 0 atom stereocenters. The maximum absolute atomic E-state index is 12.8. The van der Waals surface area contributed by atoms with E-state index in [9.17, 15) is 9.59 Å². The molecule has 2 aromatic rings. The second kappa shape index (κ2) is 9.65. The molecule has 1 aliphatic heterocycles. The number of rotatable bonds is 6. The van der Waals surface area contributed by atoms with Gasteiger partial charge in [0.05, 0.1) is 5.69 Å². The number of carbonyl (C=O) groups excluding carboxylic acids is 2. The van der Waals surface area contributed by atoms with Crippen molar-refractivity contribution < 1.29 is 9.59 Å². The van der Waals surface area contributed by atoms with Crippen LogP contribution in [0.4, 0.5) is 0 Å². The second-order valence-electron chi connectivity index (χ2n) is 8.50. The lowest BCUT2D eigenvalue weighted by Crippen LogP contribution is -2.46. The van der Waals surface area contributed by atoms with E-state index in [4.69, 9.17) is 11.6 Å². The van der Waals surface area contributed by atoms with Gasteiger partial charge in [0.15, 0.2) is 0 Å². The molecule has 7 heteroatoms. The van der Waals surface area contributed by atoms with Crippen molar-refractivity contribution in [3.05, 3.63) is 41.0 Å². The highest BCUT2D eigenvalue weighted by atomic mass is 35.5. The smallest absolute Gasteiger partial charge is 0.271 e. The summed E-state index contributed by atoms with van der Waals surface area (Å²) in [6.07, 6.45) is 8.40. The molecule has 1 aromatic heterocycles. The fraction of sp³-hybridized carbons (Fsp3) is 0.522. The zero-order valence-corrected chi connectivity index (χ0v) is 18.0. The average molecular weight is 429 g/mol. The van der Waals surface area contributed by atoms with Gasteiger partial charge in [0.1, 0.15) is 5.69 Å². The van der Waals surface area contributed by atoms with Crippen molar-refractivity contribution in [3.8, 4) is 11.3 Å². The number of aromatic nitrogens is 2. The minimum Gasteiger partial charge on any atom is -0.353 e. The first-order chi connectivity index (χ1) is 14.6. The Morgan fingerprint density at radius 2 is 1.90 bits per heavy atom. The fourth-order valence-electron chi connectivity index (χ4n) is 4.56. The van der Waals surface area contributed by atoms with Crippen LogP contribution < -0.4 is 5.32 Å². The number of piperidine rings is 1. The topological polar surface area (TPSA) is 78.1 Å². The number of hydrogen-bond donors (Lipinski definition) is 2. The van der Waals surface area contributed by atoms with Gasteiger partial charge in [0.25, 0.3) is 5.91 Å². The third kappa shape index (κ3) is 5.22. The molecule has 4 rings (SSSR count). The van der Waals surface area contributed by atoms with E-state index in [1.165, 1.54) is 25.7 Å². The molecule has 0 spiro atoms. The molecular weight excluding hydrogens is 400 g/mol. The van der Waals surface area contributed by atoms with Crippen molar-refractivity contribution in [3.63, 3.8) is 0 Å². The Morgan fingerprint density at radius 3 is 2.63 bits per heavy atom. The molecule has 2 fully saturated rings. The van der Waals surface area contributed by atoms with Gasteiger partial charge in [-0.25, -0.2) is 0 Å². The van der Waals surface area contributed by atoms with Crippen molar-refractivity contribution in [1.82, 2.24) is 20.4 Å². The lowest BCUT2D eigenvalue weighted by atomic mass is 10.0. The SMILES string of the molecule is O=C(CCC1CCCC1)NC1CCN(C(=O)c2cc(-c3cccc(Cl)c3)n[nH]2)CC1. The maximum atomic E-state index is 12.8. The van der Waals surface area contributed by atoms with Crippen LogP contribution in [0.5, 0.6) is 0 Å². The first-order valence-electron chi connectivity index (χ1n) is 11.0. The van der Waals surface area contributed by atoms with Crippen molar-refractivity contribution in [2.24, 2.45) is 5.92 Å². The number of amides is 2. The van der Waals surface area contributed by atoms with Gasteiger partial charge < -0.3 is 10.2 Å². The molecule has 2 heterocycles. The highest BCUT2D eigenvalue weighted by Gasteiger charge is 2.26. The molecule has 1 saturated heterocycles. The van der Waals surface area contributed by atoms with Crippen LogP contribution in [0.3, 0.4) is 0 Å². The number of nitrogens with one attached hydrogen (secondary N) is 2. The van der Waals surface area contributed by atoms with E-state index >= 15 is 0 Å². The lowest BCUT2D eigenvalue weighted by molar-refractivity contribution is -0.122. The molecule has 2 N–H and O–H groups in total. The van der Waals surface area contributed by atoms with Crippen LogP contribution >= 0.6 is 11.6 Å². The average Bonchev–Trinajstić information content (AvgIpc) is 3.45. The number of halogens is 1. The Balaban J connectivity index is 1.25. The largest absolute Gasteiger partial charge is 0.353 e. The standard InChI is InChI=1S/C23H29ClN4O2/c24-18-7-3-6-17(14-18)20-15-21(27-26-20)23(30)28-12-10-19(11-13-28)25-22(29)9-8-16-4-1-2-5-16/h3,6-7,14-16,19H,1-2,4-5,8-13H2,(H,25,29)(H,26,27). The molecule has 30 heavy (non-hydrogen) atoms. The van der Waals surface area contributed by atoms with Gasteiger partial charge in [-0.1, -0.05) is 49.4 Å². The highest BCUT2D eigenvalue weighted by molar-refractivity contribution is 6.30. The molecular formula is C23H29ClN4O2. The highest BCUT2D eigenvalue weighted by Crippen LogP contribution is 2.28. The Labute approximate surface area is 182 Å². The predicted octanol–water partition coefficient (Wildman–Crippen LogP) is 4.42. The van der Waals surface area contributed by atoms with E-state index in [1.807, 2.05) is 23.1 Å². The van der Waals surface area contributed by atoms with Crippen LogP contribution in [0.15, 0.2) is 30.3 Å². The van der Waals surface area contributed by atoms with E-state index in [-0.39, 0.29) is 17.9 Å². The number of carbonyl (C=O) groups is 2. The summed E-state index contributed by atoms with van der Waals surface area (Å²) in [6, 6.07) is 9.34. The molecule has 0 unspecified atom stereocenters. The monoisotopic (exact) mass is 428 g/mol. The van der Waals surface area contributed by atoms with Gasteiger partial charge >= 0.3 is 0 Å². The summed E-state index contributed by atoms with van der Waals surface area (Å²) in [6.45, 7) is 1.27. The van der Waals surface area contributed by atoms with Crippen molar-refractivity contribution in [2.75, 3.05) is 13.1 Å². The van der Waals surface area contributed by atoms with E-state index in [0.717, 1.165) is 30.7 Å². The van der Waals surface area contributed by atoms with Gasteiger partial charge in [-0.3, -0.25) is 14.7 Å². The van der Waals surface area contributed by atoms with Crippen LogP contribution in [-0.4, -0.2) is 46.0 Å². The minimum atomic E-state index is -0.0539. The molecule has 0 radical (unpaired) electrons. The van der Waals surface area contributed by atoms with Gasteiger partial charge in [-0.05, 0) is 43.4 Å². The third-order valence-electron chi connectivity index (χ3n) is 6.33. The first-order valence-corrected chi connectivity index (χ1v) is 11.4. The summed E-state index contributed by atoms with van der Waals surface area (Å²) >= 11 is 6.05. The molecule has 1 saturated carbocycles. The number of likely N-dealkylation sites (tertiary alicyclic amines) is 1. The Bertz CT molecular complexity index is 883. The van der Waals surface area contributed by atoms with Crippen molar-refractivity contribution in [1.29, 1.82) is 0 Å². The quantitative estimate of drug-likeness (QED) is 0.714. The summed E-state index contributed by atoms with van der Waals surface area (Å²) < 4.78 is 0. The summed E-state index contributed by atoms with van der Waals surface area (Å²) in [4.78, 5) is 26.9. The second-order valence-corrected chi connectivity index (χ2v) is 8.94. The van der Waals surface area contributed by atoms with E-state index in [0.29, 0.717) is 35.9 Å². The van der Waals surface area contributed by atoms with Crippen LogP contribution in [0.2, 0.25) is 5.02 Å². The lowest BCUT2D eigenvalue weighted by Gasteiger charge is -2.32. The Kier molecular flexibility index (Phi) is 6.72. The number of nitrogens with zero attached hydrogens (tertiary/aromatic N) is 2. The van der Waals surface area contributed by atoms with Gasteiger partial charge in [-0.2, -0.15) is 5.10 Å². The maximum Gasteiger partial charge on any atom is 0.271 e. The summed E-state index contributed by atoms with van der Waals surface area (Å²) in [5.41, 5.74) is 2.05. The van der Waals surface area contributed by atoms with E-state index < -0.39 is 0 Å². The normalized spacial score (nSPS) is 18.0. The number of benzene rings is 1. The summed E-state index contributed by atoms with van der Waals surface area (Å²) in [7, 11) is 0. The zero-order chi connectivity index (χ0) is 20.9. The fourth-order valence-corrected chi connectivity index (χ4v) is 4.75. The van der Waals surface area contributed by atoms with Crippen LogP contribution in [-0.2, 0) is 4.79 Å². The summed E-state index contributed by atoms with van der Waals surface area (Å²) in [5.74, 6) is 0.842. The number of H-pyrrole nitrogens is 1. The van der Waals surface area contributed by atoms with Gasteiger partial charge in [-0.15, -0.1) is 0 Å². The predicted molar refractivity (Wildman–Crippen MR) is 117 cm³/mol. The van der Waals surface area contributed by atoms with Crippen molar-refractivity contribution >= 4 is 23.4 Å². The van der Waals surface area contributed by atoms with Gasteiger partial charge in [0, 0.05) is 36.1 Å². The molecule has 6 nitrogen and oxygen atoms in total. The number of aromatic amines is 1. The van der Waals surface area contributed by atoms with E-state index in [1.54, 1.807) is 12.1 Å². The molecule has 2 aliphatic rings. The molecule has 160 valence electrons. The van der Waals surface area contributed by atoms with E-state index in [2.05, 4.69) is 15.5 Å². The van der Waals surface area contributed by atoms with Crippen molar-refractivity contribution in [2.45, 2.75) is 57.4 Å². The Morgan fingerprint density at radius 1 is 1.13 bits per heavy atom.